The fraction of sp³-hybridized carbons (Fsp3) is 1.00. The lowest BCUT2D eigenvalue weighted by Crippen LogP contribution is -2.51. The molecule has 0 atom stereocenters. The van der Waals surface area contributed by atoms with Crippen LogP contribution < -0.4 is 0 Å². The predicted octanol–water partition coefficient (Wildman–Crippen LogP) is 3.00. The Morgan fingerprint density at radius 1 is 0.846 bits per heavy atom. The zero-order chi connectivity index (χ0) is 10.9. The Labute approximate surface area is 69.2 Å². The minimum absolute atomic E-state index is 0.187. The van der Waals surface area contributed by atoms with Crippen LogP contribution in [-0.4, -0.2) is 12.2 Å². The molecule has 0 aromatic rings. The highest BCUT2D eigenvalue weighted by atomic mass is 19.4. The molecule has 0 aliphatic carbocycles. The van der Waals surface area contributed by atoms with Crippen LogP contribution in [0, 0.1) is 5.41 Å². The van der Waals surface area contributed by atoms with Gasteiger partial charge in [0.15, 0.2) is 5.41 Å². The molecule has 0 spiro atoms. The van der Waals surface area contributed by atoms with Crippen LogP contribution in [0.4, 0.5) is 26.6 Å². The SMILES string of the molecule is CC(C)(C(F)(F)F)C(F)(OF)OF. The molecule has 0 aliphatic heterocycles. The van der Waals surface area contributed by atoms with E-state index in [1.165, 1.54) is 0 Å². The Kier molecular flexibility index (Phi) is 3.21. The van der Waals surface area contributed by atoms with E-state index < -0.39 is 17.6 Å². The van der Waals surface area contributed by atoms with Gasteiger partial charge in [0, 0.05) is 0 Å². The van der Waals surface area contributed by atoms with E-state index in [-0.39, 0.29) is 13.8 Å². The van der Waals surface area contributed by atoms with E-state index in [0.717, 1.165) is 0 Å². The third kappa shape index (κ3) is 1.88. The molecule has 0 aromatic carbocycles. The Hall–Kier alpha value is -0.500. The van der Waals surface area contributed by atoms with Crippen LogP contribution >= 0.6 is 0 Å². The molecule has 0 saturated carbocycles. The minimum Gasteiger partial charge on any atom is -0.174 e. The van der Waals surface area contributed by atoms with Gasteiger partial charge in [-0.05, 0) is 22.9 Å². The summed E-state index contributed by atoms with van der Waals surface area (Å²) in [6.07, 6.45) is -5.22. The number of rotatable bonds is 3. The first kappa shape index (κ1) is 12.5. The smallest absolute Gasteiger partial charge is 0.174 e. The Morgan fingerprint density at radius 2 is 1.15 bits per heavy atom. The second-order valence-electron chi connectivity index (χ2n) is 2.81. The maximum Gasteiger partial charge on any atom is 0.402 e. The standard InChI is InChI=1S/C5H6F6O2/c1-3(2,4(6,7)8)5(9,12-10)13-11/h1-2H3. The highest BCUT2D eigenvalue weighted by molar-refractivity contribution is 4.85. The van der Waals surface area contributed by atoms with Gasteiger partial charge in [0.2, 0.25) is 0 Å². The molecule has 0 unspecified atom stereocenters. The minimum atomic E-state index is -5.22. The van der Waals surface area contributed by atoms with Gasteiger partial charge in [0.1, 0.15) is 0 Å². The van der Waals surface area contributed by atoms with Crippen molar-refractivity contribution in [2.24, 2.45) is 5.41 Å². The maximum absolute atomic E-state index is 12.6. The zero-order valence-electron chi connectivity index (χ0n) is 6.58. The molecule has 0 bridgehead atoms. The van der Waals surface area contributed by atoms with E-state index in [4.69, 9.17) is 0 Å². The highest BCUT2D eigenvalue weighted by Crippen LogP contribution is 2.49. The van der Waals surface area contributed by atoms with Crippen LogP contribution in [-0.2, 0) is 9.88 Å². The van der Waals surface area contributed by atoms with Gasteiger partial charge in [0.05, 0.1) is 0 Å². The summed E-state index contributed by atoms with van der Waals surface area (Å²) in [6.45, 7) is 0.373. The lowest BCUT2D eigenvalue weighted by atomic mass is 9.90. The molecular weight excluding hydrogens is 206 g/mol. The Morgan fingerprint density at radius 3 is 1.23 bits per heavy atom. The average molecular weight is 212 g/mol. The van der Waals surface area contributed by atoms with Crippen molar-refractivity contribution in [3.63, 3.8) is 0 Å². The number of alkyl halides is 4. The number of hydrogen-bond donors (Lipinski definition) is 0. The maximum atomic E-state index is 12.6. The monoisotopic (exact) mass is 212 g/mol. The van der Waals surface area contributed by atoms with E-state index in [2.05, 4.69) is 9.88 Å². The summed E-state index contributed by atoms with van der Waals surface area (Å²) in [6, 6.07) is -4.49. The molecule has 0 heterocycles. The molecule has 0 N–H and O–H groups in total. The van der Waals surface area contributed by atoms with Gasteiger partial charge < -0.3 is 0 Å². The second-order valence-corrected chi connectivity index (χ2v) is 2.81. The first-order chi connectivity index (χ1) is 5.62. The highest BCUT2D eigenvalue weighted by Gasteiger charge is 2.66. The largest absolute Gasteiger partial charge is 0.402 e. The molecule has 0 aliphatic rings. The van der Waals surface area contributed by atoms with Crippen LogP contribution in [0.2, 0.25) is 0 Å². The van der Waals surface area contributed by atoms with E-state index in [1.54, 1.807) is 0 Å². The lowest BCUT2D eigenvalue weighted by Gasteiger charge is -2.33. The molecule has 2 nitrogen and oxygen atoms in total. The summed E-state index contributed by atoms with van der Waals surface area (Å²) in [4.78, 5) is 4.39. The first-order valence-electron chi connectivity index (χ1n) is 2.97. The second kappa shape index (κ2) is 3.33. The molecular formula is C5H6F6O2. The van der Waals surface area contributed by atoms with Gasteiger partial charge in [-0.25, -0.2) is 0 Å². The van der Waals surface area contributed by atoms with Crippen molar-refractivity contribution in [3.8, 4) is 0 Å². The van der Waals surface area contributed by atoms with Crippen LogP contribution in [0.25, 0.3) is 0 Å². The lowest BCUT2D eigenvalue weighted by molar-refractivity contribution is -0.521. The van der Waals surface area contributed by atoms with Gasteiger partial charge in [-0.3, -0.25) is 0 Å². The van der Waals surface area contributed by atoms with Gasteiger partial charge in [-0.15, -0.1) is 9.88 Å². The van der Waals surface area contributed by atoms with Crippen molar-refractivity contribution in [1.29, 1.82) is 0 Å². The molecule has 0 saturated heterocycles. The molecule has 80 valence electrons. The van der Waals surface area contributed by atoms with Crippen molar-refractivity contribution in [3.05, 3.63) is 0 Å². The third-order valence-electron chi connectivity index (χ3n) is 1.65. The Bertz CT molecular complexity index is 172. The number of halogens is 6. The zero-order valence-corrected chi connectivity index (χ0v) is 6.58. The summed E-state index contributed by atoms with van der Waals surface area (Å²) in [7, 11) is 0. The summed E-state index contributed by atoms with van der Waals surface area (Å²) in [5.74, 6) is 0. The third-order valence-corrected chi connectivity index (χ3v) is 1.65. The molecule has 13 heavy (non-hydrogen) atoms. The van der Waals surface area contributed by atoms with Crippen LogP contribution in [0.15, 0.2) is 0 Å². The van der Waals surface area contributed by atoms with Crippen molar-refractivity contribution in [2.45, 2.75) is 26.1 Å². The summed E-state index contributed by atoms with van der Waals surface area (Å²) in [5.41, 5.74) is -3.47. The molecule has 0 rings (SSSR count). The molecule has 0 aromatic heterocycles. The van der Waals surface area contributed by atoms with Crippen LogP contribution in [0.5, 0.6) is 0 Å². The average Bonchev–Trinajstić information content (AvgIpc) is 2.00. The van der Waals surface area contributed by atoms with Crippen molar-refractivity contribution >= 4 is 0 Å². The van der Waals surface area contributed by atoms with E-state index in [9.17, 15) is 26.6 Å². The van der Waals surface area contributed by atoms with E-state index >= 15 is 0 Å². The van der Waals surface area contributed by atoms with Crippen molar-refractivity contribution < 1.29 is 36.5 Å². The predicted molar refractivity (Wildman–Crippen MR) is 28.1 cm³/mol. The first-order valence-corrected chi connectivity index (χ1v) is 2.97. The topological polar surface area (TPSA) is 18.5 Å². The normalized spacial score (nSPS) is 14.8. The molecule has 0 amide bonds. The summed E-state index contributed by atoms with van der Waals surface area (Å²) in [5, 5.41) is 0. The molecule has 0 radical (unpaired) electrons. The summed E-state index contributed by atoms with van der Waals surface area (Å²) >= 11 is 0. The number of hydrogen-bond acceptors (Lipinski definition) is 2. The van der Waals surface area contributed by atoms with Gasteiger partial charge in [0.25, 0.3) is 0 Å². The van der Waals surface area contributed by atoms with Crippen molar-refractivity contribution in [2.75, 3.05) is 0 Å². The van der Waals surface area contributed by atoms with Crippen molar-refractivity contribution in [1.82, 2.24) is 0 Å². The molecule has 8 heteroatoms. The Balaban J connectivity index is 5.00. The fourth-order valence-electron chi connectivity index (χ4n) is 0.374. The van der Waals surface area contributed by atoms with Crippen LogP contribution in [0.1, 0.15) is 13.8 Å². The summed E-state index contributed by atoms with van der Waals surface area (Å²) < 4.78 is 71.2. The van der Waals surface area contributed by atoms with E-state index in [0.29, 0.717) is 0 Å². The van der Waals surface area contributed by atoms with Gasteiger partial charge >= 0.3 is 12.2 Å². The quantitative estimate of drug-likeness (QED) is 0.528. The fourth-order valence-corrected chi connectivity index (χ4v) is 0.374. The van der Waals surface area contributed by atoms with Gasteiger partial charge in [-0.2, -0.15) is 17.6 Å². The van der Waals surface area contributed by atoms with Gasteiger partial charge in [-0.1, -0.05) is 0 Å². The molecule has 0 fully saturated rings. The van der Waals surface area contributed by atoms with Crippen LogP contribution in [0.3, 0.4) is 0 Å². The van der Waals surface area contributed by atoms with E-state index in [1.807, 2.05) is 0 Å².